The highest BCUT2D eigenvalue weighted by atomic mass is 16.5. The molecule has 1 aromatic heterocycles. The molecule has 1 fully saturated rings. The zero-order valence-corrected chi connectivity index (χ0v) is 15.1. The number of carbonyl (C=O) groups is 1. The molecular formula is C19H24N4O3. The minimum Gasteiger partial charge on any atom is -0.491 e. The molecule has 2 aromatic rings. The first kappa shape index (κ1) is 18.1. The van der Waals surface area contributed by atoms with E-state index < -0.39 is 5.60 Å². The van der Waals surface area contributed by atoms with Gasteiger partial charge < -0.3 is 19.7 Å². The highest BCUT2D eigenvalue weighted by molar-refractivity contribution is 5.90. The number of rotatable bonds is 6. The lowest BCUT2D eigenvalue weighted by molar-refractivity contribution is -0.0826. The number of nitrogens with zero attached hydrogens (tertiary/aromatic N) is 3. The zero-order chi connectivity index (χ0) is 18.4. The number of para-hydroxylation sites is 1. The molecule has 1 saturated heterocycles. The van der Waals surface area contributed by atoms with Crippen LogP contribution in [0.15, 0.2) is 42.7 Å². The lowest BCUT2D eigenvalue weighted by atomic mass is 9.93. The summed E-state index contributed by atoms with van der Waals surface area (Å²) in [5.74, 6) is 0.798. The molecule has 1 aromatic carbocycles. The van der Waals surface area contributed by atoms with Gasteiger partial charge in [0, 0.05) is 20.7 Å². The maximum absolute atomic E-state index is 12.8. The number of ether oxygens (including phenoxy) is 2. The topological polar surface area (TPSA) is 76.6 Å². The number of carbonyl (C=O) groups excluding carboxylic acids is 1. The summed E-state index contributed by atoms with van der Waals surface area (Å²) in [6, 6.07) is 9.62. The molecule has 0 spiro atoms. The van der Waals surface area contributed by atoms with E-state index in [1.807, 2.05) is 30.3 Å². The molecule has 0 saturated carbocycles. The van der Waals surface area contributed by atoms with Crippen LogP contribution in [0.1, 0.15) is 23.5 Å². The van der Waals surface area contributed by atoms with E-state index in [4.69, 9.17) is 9.47 Å². The molecule has 3 rings (SSSR count). The third-order valence-corrected chi connectivity index (χ3v) is 4.64. The van der Waals surface area contributed by atoms with Crippen LogP contribution in [0.4, 0.5) is 5.69 Å². The Morgan fingerprint density at radius 2 is 2.00 bits per heavy atom. The van der Waals surface area contributed by atoms with Gasteiger partial charge in [-0.25, -0.2) is 9.97 Å². The molecule has 7 heteroatoms. The number of aromatic nitrogens is 2. The van der Waals surface area contributed by atoms with Gasteiger partial charge in [0.05, 0.1) is 24.6 Å². The van der Waals surface area contributed by atoms with E-state index in [2.05, 4.69) is 15.3 Å². The molecule has 7 nitrogen and oxygen atoms in total. The van der Waals surface area contributed by atoms with Gasteiger partial charge in [-0.1, -0.05) is 18.2 Å². The normalized spacial score (nSPS) is 19.8. The zero-order valence-electron chi connectivity index (χ0n) is 15.1. The van der Waals surface area contributed by atoms with Crippen LogP contribution in [0.3, 0.4) is 0 Å². The van der Waals surface area contributed by atoms with Crippen LogP contribution in [0.2, 0.25) is 0 Å². The summed E-state index contributed by atoms with van der Waals surface area (Å²) in [6.07, 6.45) is 4.88. The number of amides is 1. The Kier molecular flexibility index (Phi) is 5.68. The minimum absolute atomic E-state index is 0.187. The van der Waals surface area contributed by atoms with Crippen molar-refractivity contribution in [2.75, 3.05) is 39.2 Å². The number of likely N-dealkylation sites (tertiary alicyclic amines) is 1. The molecular weight excluding hydrogens is 332 g/mol. The quantitative estimate of drug-likeness (QED) is 0.855. The van der Waals surface area contributed by atoms with Crippen molar-refractivity contribution >= 4 is 11.6 Å². The molecule has 1 amide bonds. The molecule has 138 valence electrons. The third kappa shape index (κ3) is 4.11. The minimum atomic E-state index is -0.533. The average Bonchev–Trinajstić information content (AvgIpc) is 2.73. The summed E-state index contributed by atoms with van der Waals surface area (Å²) in [7, 11) is 3.45. The highest BCUT2D eigenvalue weighted by Crippen LogP contribution is 2.27. The van der Waals surface area contributed by atoms with E-state index in [1.54, 1.807) is 31.5 Å². The van der Waals surface area contributed by atoms with Crippen molar-refractivity contribution in [1.29, 1.82) is 0 Å². The summed E-state index contributed by atoms with van der Waals surface area (Å²) < 4.78 is 11.7. The summed E-state index contributed by atoms with van der Waals surface area (Å²) in [5.41, 5.74) is 0.233. The first-order valence-electron chi connectivity index (χ1n) is 8.68. The third-order valence-electron chi connectivity index (χ3n) is 4.64. The maximum atomic E-state index is 12.8. The van der Waals surface area contributed by atoms with Crippen LogP contribution in [0, 0.1) is 0 Å². The van der Waals surface area contributed by atoms with Crippen molar-refractivity contribution in [3.8, 4) is 5.75 Å². The van der Waals surface area contributed by atoms with Gasteiger partial charge in [-0.05, 0) is 25.0 Å². The molecule has 2 heterocycles. The van der Waals surface area contributed by atoms with Crippen LogP contribution in [0.5, 0.6) is 5.75 Å². The van der Waals surface area contributed by atoms with Gasteiger partial charge in [-0.15, -0.1) is 0 Å². The number of methoxy groups -OCH3 is 1. The van der Waals surface area contributed by atoms with Crippen molar-refractivity contribution in [1.82, 2.24) is 14.9 Å². The van der Waals surface area contributed by atoms with Gasteiger partial charge in [0.15, 0.2) is 0 Å². The van der Waals surface area contributed by atoms with Gasteiger partial charge in [0.1, 0.15) is 18.0 Å². The summed E-state index contributed by atoms with van der Waals surface area (Å²) in [5, 5.41) is 2.94. The van der Waals surface area contributed by atoms with E-state index >= 15 is 0 Å². The molecule has 1 aliphatic heterocycles. The number of piperidine rings is 1. The summed E-state index contributed by atoms with van der Waals surface area (Å²) in [6.45, 7) is 1.50. The summed E-state index contributed by atoms with van der Waals surface area (Å²) in [4.78, 5) is 22.8. The Labute approximate surface area is 153 Å². The van der Waals surface area contributed by atoms with E-state index in [0.29, 0.717) is 19.7 Å². The van der Waals surface area contributed by atoms with Crippen molar-refractivity contribution < 1.29 is 14.3 Å². The van der Waals surface area contributed by atoms with Crippen molar-refractivity contribution in [2.45, 2.75) is 18.4 Å². The maximum Gasteiger partial charge on any atom is 0.291 e. The summed E-state index contributed by atoms with van der Waals surface area (Å²) >= 11 is 0. The van der Waals surface area contributed by atoms with Gasteiger partial charge in [0.2, 0.25) is 5.82 Å². The number of hydrogen-bond donors (Lipinski definition) is 1. The fraction of sp³-hybridized carbons (Fsp3) is 0.421. The largest absolute Gasteiger partial charge is 0.491 e. The van der Waals surface area contributed by atoms with E-state index in [9.17, 15) is 4.79 Å². The van der Waals surface area contributed by atoms with Crippen molar-refractivity contribution in [3.05, 3.63) is 48.5 Å². The predicted molar refractivity (Wildman–Crippen MR) is 98.4 cm³/mol. The monoisotopic (exact) mass is 356 g/mol. The van der Waals surface area contributed by atoms with Gasteiger partial charge in [0.25, 0.3) is 5.91 Å². The molecule has 0 bridgehead atoms. The Bertz CT molecular complexity index is 723. The van der Waals surface area contributed by atoms with Crippen LogP contribution in [0.25, 0.3) is 0 Å². The smallest absolute Gasteiger partial charge is 0.291 e. The molecule has 1 N–H and O–H groups in total. The molecule has 1 aliphatic rings. The number of benzene rings is 1. The van der Waals surface area contributed by atoms with E-state index in [0.717, 1.165) is 24.3 Å². The average molecular weight is 356 g/mol. The second kappa shape index (κ2) is 8.14. The van der Waals surface area contributed by atoms with Gasteiger partial charge in [-0.2, -0.15) is 0 Å². The first-order valence-corrected chi connectivity index (χ1v) is 8.68. The lowest BCUT2D eigenvalue weighted by Crippen LogP contribution is -2.54. The first-order chi connectivity index (χ1) is 12.7. The second-order valence-electron chi connectivity index (χ2n) is 6.36. The van der Waals surface area contributed by atoms with Crippen molar-refractivity contribution in [3.63, 3.8) is 0 Å². The molecule has 26 heavy (non-hydrogen) atoms. The highest BCUT2D eigenvalue weighted by Gasteiger charge is 2.39. The molecule has 0 radical (unpaired) electrons. The lowest BCUT2D eigenvalue weighted by Gasteiger charge is -2.41. The second-order valence-corrected chi connectivity index (χ2v) is 6.36. The number of hydrogen-bond acceptors (Lipinski definition) is 6. The Balaban J connectivity index is 1.68. The van der Waals surface area contributed by atoms with E-state index in [1.165, 1.54) is 0 Å². The van der Waals surface area contributed by atoms with E-state index in [-0.39, 0.29) is 11.7 Å². The molecule has 0 aliphatic carbocycles. The standard InChI is InChI=1S/C19H24N4O3/c1-20-15-11-21-17(22-12-15)18(24)23-10-6-9-19(13-23,25-2)14-26-16-7-4-3-5-8-16/h3-5,7-8,11-12,20H,6,9-10,13-14H2,1-2H3/t19-/m0/s1. The van der Waals surface area contributed by atoms with Crippen LogP contribution >= 0.6 is 0 Å². The van der Waals surface area contributed by atoms with Gasteiger partial charge in [-0.3, -0.25) is 4.79 Å². The van der Waals surface area contributed by atoms with Crippen LogP contribution in [-0.4, -0.2) is 60.2 Å². The fourth-order valence-corrected chi connectivity index (χ4v) is 3.06. The Hall–Kier alpha value is -2.67. The van der Waals surface area contributed by atoms with Gasteiger partial charge >= 0.3 is 0 Å². The van der Waals surface area contributed by atoms with Crippen LogP contribution < -0.4 is 10.1 Å². The van der Waals surface area contributed by atoms with Crippen LogP contribution in [-0.2, 0) is 4.74 Å². The van der Waals surface area contributed by atoms with Crippen molar-refractivity contribution in [2.24, 2.45) is 0 Å². The fourth-order valence-electron chi connectivity index (χ4n) is 3.06. The number of anilines is 1. The molecule has 0 unspecified atom stereocenters. The predicted octanol–water partition coefficient (Wildman–Crippen LogP) is 2.22. The molecule has 1 atom stereocenters. The SMILES string of the molecule is CNc1cnc(C(=O)N2CCC[C@](COc3ccccc3)(OC)C2)nc1. The Morgan fingerprint density at radius 1 is 1.27 bits per heavy atom. The number of nitrogens with one attached hydrogen (secondary N) is 1. The Morgan fingerprint density at radius 3 is 2.65 bits per heavy atom.